The van der Waals surface area contributed by atoms with Gasteiger partial charge in [0.2, 0.25) is 0 Å². The first-order valence-corrected chi connectivity index (χ1v) is 2.55. The molecule has 0 amide bonds. The van der Waals surface area contributed by atoms with E-state index in [0.717, 1.165) is 0 Å². The molecule has 0 aromatic carbocycles. The molecular formula is C5H9CsO4. The molecule has 0 unspecified atom stereocenters. The molecule has 0 fully saturated rings. The molecule has 0 rings (SSSR count). The number of carbonyl (C=O) groups is 2. The van der Waals surface area contributed by atoms with Crippen LogP contribution >= 0.6 is 0 Å². The summed E-state index contributed by atoms with van der Waals surface area (Å²) in [6.07, 6.45) is 0.130. The Morgan fingerprint density at radius 2 is 1.60 bits per heavy atom. The van der Waals surface area contributed by atoms with Crippen molar-refractivity contribution in [3.63, 3.8) is 0 Å². The summed E-state index contributed by atoms with van der Waals surface area (Å²) in [6, 6.07) is 0. The number of hydrogen-bond donors (Lipinski definition) is 2. The van der Waals surface area contributed by atoms with Crippen LogP contribution in [-0.2, 0) is 9.59 Å². The van der Waals surface area contributed by atoms with Crippen LogP contribution < -0.4 is 0 Å². The van der Waals surface area contributed by atoms with Gasteiger partial charge in [0.25, 0.3) is 0 Å². The zero-order valence-electron chi connectivity index (χ0n) is 5.00. The Kier molecular flexibility index (Phi) is 9.08. The van der Waals surface area contributed by atoms with Crippen LogP contribution in [0.1, 0.15) is 13.3 Å². The van der Waals surface area contributed by atoms with Gasteiger partial charge in [-0.3, -0.25) is 9.59 Å². The van der Waals surface area contributed by atoms with E-state index in [2.05, 4.69) is 0 Å². The van der Waals surface area contributed by atoms with Gasteiger partial charge in [0.05, 0.1) is 0 Å². The third-order valence-electron chi connectivity index (χ3n) is 1.00. The average molecular weight is 266 g/mol. The summed E-state index contributed by atoms with van der Waals surface area (Å²) >= 11 is 0. The monoisotopic (exact) mass is 266 g/mol. The molecule has 0 bridgehead atoms. The van der Waals surface area contributed by atoms with Gasteiger partial charge in [-0.05, 0) is 6.42 Å². The molecular weight excluding hydrogens is 257 g/mol. The van der Waals surface area contributed by atoms with E-state index in [4.69, 9.17) is 10.2 Å². The van der Waals surface area contributed by atoms with Crippen molar-refractivity contribution in [3.05, 3.63) is 0 Å². The quantitative estimate of drug-likeness (QED) is 0.677. The van der Waals surface area contributed by atoms with E-state index in [0.29, 0.717) is 0 Å². The molecule has 0 aromatic heterocycles. The van der Waals surface area contributed by atoms with Gasteiger partial charge in [-0.2, -0.15) is 0 Å². The van der Waals surface area contributed by atoms with Gasteiger partial charge in [-0.15, -0.1) is 0 Å². The Labute approximate surface area is 117 Å². The first kappa shape index (κ1) is 13.6. The molecule has 0 aliphatic heterocycles. The van der Waals surface area contributed by atoms with Gasteiger partial charge in [0, 0.05) is 0 Å². The summed E-state index contributed by atoms with van der Waals surface area (Å²) in [5.74, 6) is -3.79. The molecule has 0 spiro atoms. The van der Waals surface area contributed by atoms with E-state index in [1.807, 2.05) is 0 Å². The zero-order valence-corrected chi connectivity index (χ0v) is 5.00. The van der Waals surface area contributed by atoms with Gasteiger partial charge in [0.15, 0.2) is 5.92 Å². The second-order valence-electron chi connectivity index (χ2n) is 1.64. The Bertz CT molecular complexity index is 120. The van der Waals surface area contributed by atoms with E-state index >= 15 is 0 Å². The molecule has 0 aliphatic carbocycles. The van der Waals surface area contributed by atoms with E-state index < -0.39 is 17.9 Å². The summed E-state index contributed by atoms with van der Waals surface area (Å²) < 4.78 is 0. The van der Waals surface area contributed by atoms with E-state index in [1.54, 1.807) is 0 Å². The maximum absolute atomic E-state index is 9.99. The Morgan fingerprint density at radius 1 is 1.30 bits per heavy atom. The number of carboxylic acids is 2. The minimum absolute atomic E-state index is 0. The molecule has 2 N–H and O–H groups in total. The predicted molar refractivity (Wildman–Crippen MR) is 36.2 cm³/mol. The molecule has 54 valence electrons. The Hall–Kier alpha value is 0.992. The summed E-state index contributed by atoms with van der Waals surface area (Å²) in [7, 11) is 0. The van der Waals surface area contributed by atoms with Crippen LogP contribution in [-0.4, -0.2) is 91.0 Å². The van der Waals surface area contributed by atoms with Gasteiger partial charge in [0.1, 0.15) is 0 Å². The predicted octanol–water partition coefficient (Wildman–Crippen LogP) is -0.467. The Balaban J connectivity index is 0. The van der Waals surface area contributed by atoms with E-state index in [1.165, 1.54) is 6.92 Å². The van der Waals surface area contributed by atoms with Crippen LogP contribution in [0.15, 0.2) is 0 Å². The van der Waals surface area contributed by atoms with Gasteiger partial charge < -0.3 is 10.2 Å². The van der Waals surface area contributed by atoms with Crippen LogP contribution in [0, 0.1) is 5.92 Å². The van der Waals surface area contributed by atoms with Crippen molar-refractivity contribution in [2.24, 2.45) is 5.92 Å². The molecule has 0 aromatic rings. The number of carboxylic acid groups (broad SMARTS) is 2. The van der Waals surface area contributed by atoms with Gasteiger partial charge >= 0.3 is 80.8 Å². The van der Waals surface area contributed by atoms with Crippen molar-refractivity contribution in [2.45, 2.75) is 13.3 Å². The number of aliphatic carboxylic acids is 2. The first-order valence-electron chi connectivity index (χ1n) is 2.55. The van der Waals surface area contributed by atoms with Crippen LogP contribution in [0.2, 0.25) is 0 Å². The van der Waals surface area contributed by atoms with Crippen molar-refractivity contribution in [1.29, 1.82) is 0 Å². The fourth-order valence-electron chi connectivity index (χ4n) is 0.455. The SMILES string of the molecule is CCC(C(=O)O)C(=O)O.[CsH]. The van der Waals surface area contributed by atoms with Crippen LogP contribution in [0.25, 0.3) is 0 Å². The molecule has 0 saturated carbocycles. The van der Waals surface area contributed by atoms with E-state index in [-0.39, 0.29) is 75.3 Å². The molecule has 10 heavy (non-hydrogen) atoms. The van der Waals surface area contributed by atoms with Crippen molar-refractivity contribution >= 4 is 80.8 Å². The van der Waals surface area contributed by atoms with Crippen molar-refractivity contribution in [2.75, 3.05) is 0 Å². The summed E-state index contributed by atoms with van der Waals surface area (Å²) in [6.45, 7) is 1.52. The second kappa shape index (κ2) is 6.69. The minimum atomic E-state index is -1.27. The molecule has 0 atom stereocenters. The summed E-state index contributed by atoms with van der Waals surface area (Å²) in [4.78, 5) is 20.0. The first-order chi connectivity index (χ1) is 4.09. The number of hydrogen-bond acceptors (Lipinski definition) is 2. The average Bonchev–Trinajstić information content (AvgIpc) is 1.64. The molecule has 0 radical (unpaired) electrons. The Morgan fingerprint density at radius 3 is 1.60 bits per heavy atom. The third-order valence-corrected chi connectivity index (χ3v) is 1.00. The topological polar surface area (TPSA) is 74.6 Å². The molecule has 0 heterocycles. The fourth-order valence-corrected chi connectivity index (χ4v) is 0.455. The normalized spacial score (nSPS) is 8.60. The number of rotatable bonds is 3. The summed E-state index contributed by atoms with van der Waals surface area (Å²) in [5.41, 5.74) is 0. The molecule has 4 nitrogen and oxygen atoms in total. The molecule has 5 heteroatoms. The molecule has 0 aliphatic rings. The van der Waals surface area contributed by atoms with Gasteiger partial charge in [-0.25, -0.2) is 0 Å². The van der Waals surface area contributed by atoms with Crippen molar-refractivity contribution in [3.8, 4) is 0 Å². The van der Waals surface area contributed by atoms with Crippen LogP contribution in [0.4, 0.5) is 0 Å². The molecule has 0 saturated heterocycles. The van der Waals surface area contributed by atoms with Crippen LogP contribution in [0.3, 0.4) is 0 Å². The van der Waals surface area contributed by atoms with Crippen molar-refractivity contribution < 1.29 is 19.8 Å². The second-order valence-corrected chi connectivity index (χ2v) is 1.64. The van der Waals surface area contributed by atoms with E-state index in [9.17, 15) is 9.59 Å². The zero-order chi connectivity index (χ0) is 7.44. The fraction of sp³-hybridized carbons (Fsp3) is 0.600. The van der Waals surface area contributed by atoms with Crippen LogP contribution in [0.5, 0.6) is 0 Å². The maximum atomic E-state index is 9.99. The standard InChI is InChI=1S/C5H8O4.Cs.H/c1-2-3(4(6)7)5(8)9;;/h3H,2H2,1H3,(H,6,7)(H,8,9);;. The van der Waals surface area contributed by atoms with Crippen molar-refractivity contribution in [1.82, 2.24) is 0 Å². The third kappa shape index (κ3) is 4.75. The van der Waals surface area contributed by atoms with Gasteiger partial charge in [-0.1, -0.05) is 6.92 Å². The summed E-state index contributed by atoms with van der Waals surface area (Å²) in [5, 5.41) is 16.3.